The van der Waals surface area contributed by atoms with E-state index in [1.54, 1.807) is 16.6 Å². The standard InChI is InChI=1S/C28H29F2N5O/c29-22-7-3-19(4-8-22)15-33-12-1-2-21(17-33)26-14-27-31-25-11-13-34(16-20-5-9-23(30)10-6-20)18-24(25)28(36)35(27)32-26/h3-10,14,21,32H,1-2,11-13,15-18H2. The molecule has 6 rings (SSSR count). The van der Waals surface area contributed by atoms with Crippen LogP contribution >= 0.6 is 0 Å². The fraction of sp³-hybridized carbons (Fsp3) is 0.357. The first-order valence-electron chi connectivity index (χ1n) is 12.6. The molecule has 1 N–H and O–H groups in total. The molecule has 0 radical (unpaired) electrons. The highest BCUT2D eigenvalue weighted by atomic mass is 19.1. The number of piperidine rings is 1. The fourth-order valence-electron chi connectivity index (χ4n) is 5.55. The van der Waals surface area contributed by atoms with E-state index in [1.807, 2.05) is 18.2 Å². The van der Waals surface area contributed by atoms with Gasteiger partial charge in [0.2, 0.25) is 0 Å². The maximum Gasteiger partial charge on any atom is 0.277 e. The predicted molar refractivity (Wildman–Crippen MR) is 134 cm³/mol. The number of nitrogens with one attached hydrogen (secondary N) is 1. The van der Waals surface area contributed by atoms with E-state index < -0.39 is 0 Å². The van der Waals surface area contributed by atoms with Crippen LogP contribution in [-0.2, 0) is 26.1 Å². The molecule has 186 valence electrons. The number of hydrogen-bond donors (Lipinski definition) is 1. The van der Waals surface area contributed by atoms with Crippen molar-refractivity contribution in [3.05, 3.63) is 105 Å². The lowest BCUT2D eigenvalue weighted by Crippen LogP contribution is -2.36. The van der Waals surface area contributed by atoms with Crippen molar-refractivity contribution in [1.29, 1.82) is 0 Å². The zero-order valence-corrected chi connectivity index (χ0v) is 20.1. The number of H-pyrrole nitrogens is 1. The van der Waals surface area contributed by atoms with Gasteiger partial charge in [-0.15, -0.1) is 0 Å². The monoisotopic (exact) mass is 489 g/mol. The van der Waals surface area contributed by atoms with Gasteiger partial charge in [0.1, 0.15) is 11.6 Å². The van der Waals surface area contributed by atoms with Crippen LogP contribution in [0.5, 0.6) is 0 Å². The van der Waals surface area contributed by atoms with Crippen LogP contribution in [0.2, 0.25) is 0 Å². The van der Waals surface area contributed by atoms with E-state index in [0.717, 1.165) is 73.5 Å². The first kappa shape index (κ1) is 23.1. The molecule has 6 nitrogen and oxygen atoms in total. The number of fused-ring (bicyclic) bond motifs is 2. The van der Waals surface area contributed by atoms with Gasteiger partial charge in [-0.2, -0.15) is 0 Å². The third-order valence-corrected chi connectivity index (χ3v) is 7.44. The van der Waals surface area contributed by atoms with E-state index in [2.05, 4.69) is 14.9 Å². The number of halogens is 2. The molecular formula is C28H29F2N5O. The number of likely N-dealkylation sites (tertiary alicyclic amines) is 1. The number of hydrogen-bond acceptors (Lipinski definition) is 4. The van der Waals surface area contributed by atoms with Gasteiger partial charge in [0.25, 0.3) is 5.56 Å². The molecule has 36 heavy (non-hydrogen) atoms. The molecule has 4 heterocycles. The van der Waals surface area contributed by atoms with E-state index in [9.17, 15) is 13.6 Å². The second-order valence-corrected chi connectivity index (χ2v) is 10.0. The predicted octanol–water partition coefficient (Wildman–Crippen LogP) is 4.24. The van der Waals surface area contributed by atoms with Gasteiger partial charge in [-0.3, -0.25) is 19.7 Å². The first-order chi connectivity index (χ1) is 17.5. The highest BCUT2D eigenvalue weighted by Crippen LogP contribution is 2.28. The molecule has 1 saturated heterocycles. The van der Waals surface area contributed by atoms with E-state index in [-0.39, 0.29) is 23.1 Å². The van der Waals surface area contributed by atoms with E-state index in [4.69, 9.17) is 4.98 Å². The molecule has 0 spiro atoms. The molecule has 1 fully saturated rings. The van der Waals surface area contributed by atoms with Crippen molar-refractivity contribution in [2.24, 2.45) is 0 Å². The normalized spacial score (nSPS) is 19.0. The minimum absolute atomic E-state index is 0.0379. The van der Waals surface area contributed by atoms with Crippen LogP contribution in [0.15, 0.2) is 59.4 Å². The Balaban J connectivity index is 1.20. The Bertz CT molecular complexity index is 1430. The fourth-order valence-corrected chi connectivity index (χ4v) is 5.55. The summed E-state index contributed by atoms with van der Waals surface area (Å²) in [5.74, 6) is -0.175. The Labute approximate surface area is 208 Å². The van der Waals surface area contributed by atoms with Crippen molar-refractivity contribution >= 4 is 5.65 Å². The zero-order valence-electron chi connectivity index (χ0n) is 20.1. The number of nitrogens with zero attached hydrogens (tertiary/aromatic N) is 4. The van der Waals surface area contributed by atoms with Gasteiger partial charge in [-0.05, 0) is 54.8 Å². The summed E-state index contributed by atoms with van der Waals surface area (Å²) in [5.41, 5.74) is 5.41. The van der Waals surface area contributed by atoms with Gasteiger partial charge in [-0.25, -0.2) is 18.3 Å². The summed E-state index contributed by atoms with van der Waals surface area (Å²) in [6.07, 6.45) is 2.84. The Morgan fingerprint density at radius 1 is 0.917 bits per heavy atom. The van der Waals surface area contributed by atoms with Gasteiger partial charge in [0, 0.05) is 56.8 Å². The lowest BCUT2D eigenvalue weighted by atomic mass is 9.94. The average Bonchev–Trinajstić information content (AvgIpc) is 3.32. The highest BCUT2D eigenvalue weighted by Gasteiger charge is 2.26. The van der Waals surface area contributed by atoms with E-state index in [0.29, 0.717) is 18.7 Å². The molecule has 0 saturated carbocycles. The molecule has 1 atom stereocenters. The summed E-state index contributed by atoms with van der Waals surface area (Å²) in [6.45, 7) is 4.68. The van der Waals surface area contributed by atoms with Crippen molar-refractivity contribution in [2.75, 3.05) is 19.6 Å². The summed E-state index contributed by atoms with van der Waals surface area (Å²) >= 11 is 0. The van der Waals surface area contributed by atoms with Crippen LogP contribution in [0.3, 0.4) is 0 Å². The maximum absolute atomic E-state index is 13.4. The van der Waals surface area contributed by atoms with E-state index in [1.165, 1.54) is 24.3 Å². The molecule has 0 aliphatic carbocycles. The Morgan fingerprint density at radius 3 is 2.28 bits per heavy atom. The van der Waals surface area contributed by atoms with Crippen LogP contribution < -0.4 is 5.56 Å². The quantitative estimate of drug-likeness (QED) is 0.456. The summed E-state index contributed by atoms with van der Waals surface area (Å²) in [5, 5.41) is 3.35. The number of benzene rings is 2. The highest BCUT2D eigenvalue weighted by molar-refractivity contribution is 5.43. The molecule has 2 aliphatic heterocycles. The smallest absolute Gasteiger partial charge is 0.277 e. The van der Waals surface area contributed by atoms with Gasteiger partial charge >= 0.3 is 0 Å². The van der Waals surface area contributed by atoms with Crippen LogP contribution in [0.1, 0.15) is 46.8 Å². The van der Waals surface area contributed by atoms with Crippen LogP contribution in [-0.4, -0.2) is 44.0 Å². The topological polar surface area (TPSA) is 56.6 Å². The van der Waals surface area contributed by atoms with Gasteiger partial charge < -0.3 is 0 Å². The second kappa shape index (κ2) is 9.59. The molecule has 0 amide bonds. The van der Waals surface area contributed by atoms with Crippen molar-refractivity contribution in [2.45, 2.75) is 44.8 Å². The van der Waals surface area contributed by atoms with Crippen molar-refractivity contribution in [3.63, 3.8) is 0 Å². The molecule has 0 bridgehead atoms. The maximum atomic E-state index is 13.4. The summed E-state index contributed by atoms with van der Waals surface area (Å²) in [6, 6.07) is 15.3. The summed E-state index contributed by atoms with van der Waals surface area (Å²) in [4.78, 5) is 22.9. The van der Waals surface area contributed by atoms with Crippen molar-refractivity contribution in [3.8, 4) is 0 Å². The molecule has 4 aromatic rings. The van der Waals surface area contributed by atoms with Gasteiger partial charge in [0.05, 0.1) is 11.3 Å². The summed E-state index contributed by atoms with van der Waals surface area (Å²) < 4.78 is 28.1. The summed E-state index contributed by atoms with van der Waals surface area (Å²) in [7, 11) is 0. The molecule has 2 aliphatic rings. The SMILES string of the molecule is O=c1c2c(nc3cc(C4CCCN(Cc5ccc(F)cc5)C4)[nH]n13)CCN(Cc1ccc(F)cc1)C2. The third-order valence-electron chi connectivity index (χ3n) is 7.44. The molecule has 8 heteroatoms. The number of aromatic nitrogens is 3. The van der Waals surface area contributed by atoms with Crippen molar-refractivity contribution in [1.82, 2.24) is 24.4 Å². The lowest BCUT2D eigenvalue weighted by molar-refractivity contribution is 0.198. The first-order valence-corrected chi connectivity index (χ1v) is 12.6. The molecule has 2 aromatic heterocycles. The van der Waals surface area contributed by atoms with Gasteiger partial charge in [-0.1, -0.05) is 24.3 Å². The largest absolute Gasteiger partial charge is 0.298 e. The number of rotatable bonds is 5. The van der Waals surface area contributed by atoms with Crippen LogP contribution in [0.4, 0.5) is 8.78 Å². The molecule has 1 unspecified atom stereocenters. The number of aromatic amines is 1. The second-order valence-electron chi connectivity index (χ2n) is 10.0. The minimum atomic E-state index is -0.244. The van der Waals surface area contributed by atoms with Crippen LogP contribution in [0, 0.1) is 11.6 Å². The van der Waals surface area contributed by atoms with Crippen LogP contribution in [0.25, 0.3) is 5.65 Å². The van der Waals surface area contributed by atoms with Crippen molar-refractivity contribution < 1.29 is 8.78 Å². The minimum Gasteiger partial charge on any atom is -0.298 e. The zero-order chi connectivity index (χ0) is 24.6. The molecular weight excluding hydrogens is 460 g/mol. The lowest BCUT2D eigenvalue weighted by Gasteiger charge is -2.32. The van der Waals surface area contributed by atoms with Gasteiger partial charge in [0.15, 0.2) is 5.65 Å². The molecule has 2 aromatic carbocycles. The Kier molecular flexibility index (Phi) is 6.15. The average molecular weight is 490 g/mol. The Hall–Kier alpha value is -3.36. The Morgan fingerprint density at radius 2 is 1.58 bits per heavy atom. The van der Waals surface area contributed by atoms with E-state index >= 15 is 0 Å². The third kappa shape index (κ3) is 4.70.